The van der Waals surface area contributed by atoms with E-state index >= 15 is 0 Å². The molecule has 3 rings (SSSR count). The lowest BCUT2D eigenvalue weighted by Crippen LogP contribution is -2.24. The van der Waals surface area contributed by atoms with Gasteiger partial charge >= 0.3 is 6.18 Å². The summed E-state index contributed by atoms with van der Waals surface area (Å²) in [6, 6.07) is 10.2. The first-order valence-electron chi connectivity index (χ1n) is 7.47. The standard InChI is InChI=1S/C17H16ClF3N2O/c18-15-9-12(22)3-6-16(15)24-14-7-8-23(10-14)13-4-1-11(2-5-13)17(19,20)21/h1-6,9,14H,7-8,10,22H2/t14-/m0/s1. The Balaban J connectivity index is 1.65. The molecular weight excluding hydrogens is 341 g/mol. The Kier molecular flexibility index (Phi) is 4.49. The molecule has 24 heavy (non-hydrogen) atoms. The second-order valence-corrected chi connectivity index (χ2v) is 6.12. The molecule has 128 valence electrons. The molecule has 0 aromatic heterocycles. The van der Waals surface area contributed by atoms with Crippen molar-refractivity contribution >= 4 is 23.0 Å². The molecule has 1 atom stereocenters. The molecule has 1 saturated heterocycles. The second kappa shape index (κ2) is 6.43. The first-order chi connectivity index (χ1) is 11.3. The largest absolute Gasteiger partial charge is 0.487 e. The van der Waals surface area contributed by atoms with Crippen LogP contribution in [0.2, 0.25) is 5.02 Å². The van der Waals surface area contributed by atoms with Crippen LogP contribution in [0.25, 0.3) is 0 Å². The van der Waals surface area contributed by atoms with E-state index in [0.717, 1.165) is 24.2 Å². The topological polar surface area (TPSA) is 38.5 Å². The zero-order chi connectivity index (χ0) is 17.3. The van der Waals surface area contributed by atoms with Gasteiger partial charge in [-0.15, -0.1) is 0 Å². The Morgan fingerprint density at radius 3 is 2.46 bits per heavy atom. The van der Waals surface area contributed by atoms with E-state index in [4.69, 9.17) is 22.1 Å². The maximum atomic E-state index is 12.6. The number of alkyl halides is 3. The number of nitrogens with zero attached hydrogens (tertiary/aromatic N) is 1. The minimum Gasteiger partial charge on any atom is -0.487 e. The summed E-state index contributed by atoms with van der Waals surface area (Å²) >= 11 is 6.10. The van der Waals surface area contributed by atoms with E-state index in [0.29, 0.717) is 29.5 Å². The van der Waals surface area contributed by atoms with Crippen LogP contribution in [0, 0.1) is 0 Å². The monoisotopic (exact) mass is 356 g/mol. The van der Waals surface area contributed by atoms with Gasteiger partial charge in [-0.2, -0.15) is 13.2 Å². The van der Waals surface area contributed by atoms with E-state index < -0.39 is 11.7 Å². The fraction of sp³-hybridized carbons (Fsp3) is 0.294. The van der Waals surface area contributed by atoms with E-state index in [1.54, 1.807) is 18.2 Å². The van der Waals surface area contributed by atoms with Crippen LogP contribution in [0.3, 0.4) is 0 Å². The lowest BCUT2D eigenvalue weighted by molar-refractivity contribution is -0.137. The first kappa shape index (κ1) is 16.8. The van der Waals surface area contributed by atoms with E-state index in [9.17, 15) is 13.2 Å². The zero-order valence-electron chi connectivity index (χ0n) is 12.7. The molecule has 0 aliphatic carbocycles. The quantitative estimate of drug-likeness (QED) is 0.817. The van der Waals surface area contributed by atoms with Gasteiger partial charge in [0.25, 0.3) is 0 Å². The molecule has 0 unspecified atom stereocenters. The van der Waals surface area contributed by atoms with Crippen molar-refractivity contribution in [3.63, 3.8) is 0 Å². The summed E-state index contributed by atoms with van der Waals surface area (Å²) < 4.78 is 43.7. The maximum Gasteiger partial charge on any atom is 0.416 e. The van der Waals surface area contributed by atoms with Crippen LogP contribution in [0.5, 0.6) is 5.75 Å². The second-order valence-electron chi connectivity index (χ2n) is 5.71. The van der Waals surface area contributed by atoms with E-state index in [1.807, 2.05) is 4.90 Å². The van der Waals surface area contributed by atoms with Crippen LogP contribution in [0.4, 0.5) is 24.5 Å². The molecule has 0 saturated carbocycles. The van der Waals surface area contributed by atoms with Gasteiger partial charge in [0.05, 0.1) is 17.1 Å². The molecule has 0 spiro atoms. The number of ether oxygens (including phenoxy) is 1. The third-order valence-electron chi connectivity index (χ3n) is 3.95. The average Bonchev–Trinajstić information content (AvgIpc) is 2.98. The zero-order valence-corrected chi connectivity index (χ0v) is 13.4. The SMILES string of the molecule is Nc1ccc(O[C@H]2CCN(c3ccc(C(F)(F)F)cc3)C2)c(Cl)c1. The predicted octanol–water partition coefficient (Wildman–Crippen LogP) is 4.60. The number of benzene rings is 2. The van der Waals surface area contributed by atoms with Crippen molar-refractivity contribution in [2.75, 3.05) is 23.7 Å². The van der Waals surface area contributed by atoms with Crippen molar-refractivity contribution in [1.29, 1.82) is 0 Å². The number of halogens is 4. The Labute approximate surface area is 142 Å². The minimum absolute atomic E-state index is 0.0755. The van der Waals surface area contributed by atoms with Crippen LogP contribution in [0.15, 0.2) is 42.5 Å². The molecule has 2 aromatic carbocycles. The maximum absolute atomic E-state index is 12.6. The van der Waals surface area contributed by atoms with Crippen molar-refractivity contribution in [2.45, 2.75) is 18.7 Å². The lowest BCUT2D eigenvalue weighted by Gasteiger charge is -2.20. The number of rotatable bonds is 3. The van der Waals surface area contributed by atoms with Gasteiger partial charge in [-0.25, -0.2) is 0 Å². The van der Waals surface area contributed by atoms with Crippen LogP contribution < -0.4 is 15.4 Å². The third-order valence-corrected chi connectivity index (χ3v) is 4.25. The van der Waals surface area contributed by atoms with Gasteiger partial charge in [0.2, 0.25) is 0 Å². The summed E-state index contributed by atoms with van der Waals surface area (Å²) in [6.07, 6.45) is -3.63. The van der Waals surface area contributed by atoms with Crippen molar-refractivity contribution in [2.24, 2.45) is 0 Å². The van der Waals surface area contributed by atoms with Crippen LogP contribution in [0.1, 0.15) is 12.0 Å². The fourth-order valence-corrected chi connectivity index (χ4v) is 2.95. The van der Waals surface area contributed by atoms with Gasteiger partial charge < -0.3 is 15.4 Å². The number of hydrogen-bond acceptors (Lipinski definition) is 3. The van der Waals surface area contributed by atoms with Crippen LogP contribution >= 0.6 is 11.6 Å². The van der Waals surface area contributed by atoms with Crippen molar-refractivity contribution in [1.82, 2.24) is 0 Å². The number of nitrogens with two attached hydrogens (primary N) is 1. The molecule has 1 heterocycles. The minimum atomic E-state index is -4.32. The van der Waals surface area contributed by atoms with Crippen LogP contribution in [-0.2, 0) is 6.18 Å². The summed E-state index contributed by atoms with van der Waals surface area (Å²) in [4.78, 5) is 2.00. The van der Waals surface area contributed by atoms with Gasteiger partial charge in [-0.05, 0) is 42.5 Å². The highest BCUT2D eigenvalue weighted by Crippen LogP contribution is 2.32. The smallest absolute Gasteiger partial charge is 0.416 e. The highest BCUT2D eigenvalue weighted by molar-refractivity contribution is 6.32. The molecule has 3 nitrogen and oxygen atoms in total. The molecule has 0 bridgehead atoms. The van der Waals surface area contributed by atoms with E-state index in [1.165, 1.54) is 12.1 Å². The normalized spacial score (nSPS) is 18.0. The van der Waals surface area contributed by atoms with Crippen molar-refractivity contribution in [3.8, 4) is 5.75 Å². The van der Waals surface area contributed by atoms with Gasteiger partial charge in [-0.3, -0.25) is 0 Å². The van der Waals surface area contributed by atoms with Crippen molar-refractivity contribution in [3.05, 3.63) is 53.1 Å². The summed E-state index contributed by atoms with van der Waals surface area (Å²) in [5.41, 5.74) is 6.31. The number of anilines is 2. The summed E-state index contributed by atoms with van der Waals surface area (Å²) in [5.74, 6) is 0.560. The molecule has 0 radical (unpaired) electrons. The summed E-state index contributed by atoms with van der Waals surface area (Å²) in [6.45, 7) is 1.30. The highest BCUT2D eigenvalue weighted by Gasteiger charge is 2.31. The van der Waals surface area contributed by atoms with Gasteiger partial charge in [0.1, 0.15) is 11.9 Å². The summed E-state index contributed by atoms with van der Waals surface area (Å²) in [5, 5.41) is 0.447. The molecular formula is C17H16ClF3N2O. The average molecular weight is 357 g/mol. The molecule has 1 aliphatic rings. The Morgan fingerprint density at radius 2 is 1.83 bits per heavy atom. The predicted molar refractivity (Wildman–Crippen MR) is 88.6 cm³/mol. The Hall–Kier alpha value is -2.08. The summed E-state index contributed by atoms with van der Waals surface area (Å²) in [7, 11) is 0. The molecule has 1 fully saturated rings. The molecule has 2 N–H and O–H groups in total. The van der Waals surface area contributed by atoms with Crippen LogP contribution in [-0.4, -0.2) is 19.2 Å². The molecule has 0 amide bonds. The van der Waals surface area contributed by atoms with Gasteiger partial charge in [0.15, 0.2) is 0 Å². The fourth-order valence-electron chi connectivity index (χ4n) is 2.71. The van der Waals surface area contributed by atoms with Gasteiger partial charge in [0, 0.05) is 24.3 Å². The number of hydrogen-bond donors (Lipinski definition) is 1. The van der Waals surface area contributed by atoms with E-state index in [2.05, 4.69) is 0 Å². The Bertz CT molecular complexity index is 719. The third kappa shape index (κ3) is 3.70. The van der Waals surface area contributed by atoms with Crippen molar-refractivity contribution < 1.29 is 17.9 Å². The Morgan fingerprint density at radius 1 is 1.12 bits per heavy atom. The molecule has 1 aliphatic heterocycles. The highest BCUT2D eigenvalue weighted by atomic mass is 35.5. The molecule has 7 heteroatoms. The number of nitrogen functional groups attached to an aromatic ring is 1. The molecule has 2 aromatic rings. The van der Waals surface area contributed by atoms with Gasteiger partial charge in [-0.1, -0.05) is 11.6 Å². The first-order valence-corrected chi connectivity index (χ1v) is 7.84. The van der Waals surface area contributed by atoms with E-state index in [-0.39, 0.29) is 6.10 Å². The lowest BCUT2D eigenvalue weighted by atomic mass is 10.2.